The van der Waals surface area contributed by atoms with Gasteiger partial charge in [0.05, 0.1) is 30.2 Å². The van der Waals surface area contributed by atoms with Gasteiger partial charge in [0, 0.05) is 17.0 Å². The van der Waals surface area contributed by atoms with Crippen LogP contribution in [0, 0.1) is 0 Å². The number of hydrogen-bond acceptors (Lipinski definition) is 3. The molecule has 0 amide bonds. The summed E-state index contributed by atoms with van der Waals surface area (Å²) in [5, 5.41) is 1.61. The van der Waals surface area contributed by atoms with Crippen molar-refractivity contribution in [3.63, 3.8) is 0 Å². The second-order valence-electron chi connectivity index (χ2n) is 5.61. The Morgan fingerprint density at radius 3 is 2.58 bits per heavy atom. The summed E-state index contributed by atoms with van der Waals surface area (Å²) in [6.45, 7) is 0.497. The Kier molecular flexibility index (Phi) is 5.73. The van der Waals surface area contributed by atoms with Crippen LogP contribution in [-0.2, 0) is 21.7 Å². The van der Waals surface area contributed by atoms with Crippen LogP contribution in [0.4, 0.5) is 0 Å². The quantitative estimate of drug-likeness (QED) is 0.608. The van der Waals surface area contributed by atoms with Crippen molar-refractivity contribution in [1.82, 2.24) is 0 Å². The molecule has 2 aromatic carbocycles. The van der Waals surface area contributed by atoms with E-state index in [1.54, 1.807) is 19.2 Å². The van der Waals surface area contributed by atoms with Gasteiger partial charge < -0.3 is 14.2 Å². The number of methoxy groups -OCH3 is 1. The van der Waals surface area contributed by atoms with Crippen LogP contribution < -0.4 is 4.74 Å². The average molecular weight is 432 g/mol. The van der Waals surface area contributed by atoms with E-state index in [0.29, 0.717) is 22.0 Å². The van der Waals surface area contributed by atoms with Gasteiger partial charge in [-0.3, -0.25) is 0 Å². The molecular weight excluding hydrogens is 415 g/mol. The van der Waals surface area contributed by atoms with Gasteiger partial charge in [0.15, 0.2) is 0 Å². The van der Waals surface area contributed by atoms with Gasteiger partial charge in [-0.15, -0.1) is 0 Å². The van der Waals surface area contributed by atoms with Gasteiger partial charge in [-0.25, -0.2) is 0 Å². The van der Waals surface area contributed by atoms with Gasteiger partial charge in [-0.05, 0) is 29.8 Å². The molecule has 1 aliphatic heterocycles. The van der Waals surface area contributed by atoms with E-state index in [9.17, 15) is 0 Å². The summed E-state index contributed by atoms with van der Waals surface area (Å²) in [6.07, 6.45) is 0.701. The van der Waals surface area contributed by atoms with E-state index >= 15 is 0 Å². The summed E-state index contributed by atoms with van der Waals surface area (Å²) in [4.78, 5) is 0. The smallest absolute Gasteiger partial charge is 0.206 e. The molecule has 0 spiro atoms. The number of halogens is 3. The molecule has 24 heavy (non-hydrogen) atoms. The minimum atomic E-state index is -0.890. The number of hydrogen-bond donors (Lipinski definition) is 0. The number of rotatable bonds is 5. The van der Waals surface area contributed by atoms with Crippen molar-refractivity contribution in [3.05, 3.63) is 63.6 Å². The average Bonchev–Trinajstić information content (AvgIpc) is 2.99. The maximum absolute atomic E-state index is 6.34. The molecule has 0 saturated carbocycles. The zero-order valence-electron chi connectivity index (χ0n) is 13.1. The van der Waals surface area contributed by atoms with Crippen LogP contribution in [0.2, 0.25) is 10.0 Å². The summed E-state index contributed by atoms with van der Waals surface area (Å²) in [7, 11) is 1.66. The van der Waals surface area contributed by atoms with E-state index in [0.717, 1.165) is 23.3 Å². The fourth-order valence-electron chi connectivity index (χ4n) is 2.77. The van der Waals surface area contributed by atoms with Gasteiger partial charge in [-0.1, -0.05) is 57.3 Å². The number of ether oxygens (including phenoxy) is 3. The predicted octanol–water partition coefficient (Wildman–Crippen LogP) is 5.21. The summed E-state index contributed by atoms with van der Waals surface area (Å²) in [6, 6.07) is 13.3. The van der Waals surface area contributed by atoms with Gasteiger partial charge in [0.25, 0.3) is 0 Å². The lowest BCUT2D eigenvalue weighted by Crippen LogP contribution is -2.30. The van der Waals surface area contributed by atoms with Gasteiger partial charge in [-0.2, -0.15) is 0 Å². The number of alkyl halides is 1. The van der Waals surface area contributed by atoms with Crippen LogP contribution in [0.25, 0.3) is 0 Å². The highest BCUT2D eigenvalue weighted by Gasteiger charge is 2.43. The van der Waals surface area contributed by atoms with Crippen molar-refractivity contribution in [2.75, 3.05) is 19.0 Å². The topological polar surface area (TPSA) is 27.7 Å². The van der Waals surface area contributed by atoms with E-state index in [-0.39, 0.29) is 6.10 Å². The third-order valence-electron chi connectivity index (χ3n) is 4.00. The molecule has 0 N–H and O–H groups in total. The Labute approximate surface area is 159 Å². The Morgan fingerprint density at radius 2 is 1.96 bits per heavy atom. The van der Waals surface area contributed by atoms with Crippen molar-refractivity contribution in [2.45, 2.75) is 18.3 Å². The van der Waals surface area contributed by atoms with Crippen LogP contribution >= 0.6 is 39.1 Å². The molecule has 0 bridgehead atoms. The highest BCUT2D eigenvalue weighted by molar-refractivity contribution is 9.09. The molecule has 2 aromatic rings. The van der Waals surface area contributed by atoms with E-state index in [1.165, 1.54) is 0 Å². The summed E-state index contributed by atoms with van der Waals surface area (Å²) in [5.74, 6) is -0.0520. The molecular formula is C18H17BrCl2O3. The third-order valence-corrected chi connectivity index (χ3v) is 5.29. The summed E-state index contributed by atoms with van der Waals surface area (Å²) in [5.41, 5.74) is 1.94. The lowest BCUT2D eigenvalue weighted by molar-refractivity contribution is -0.156. The zero-order chi connectivity index (χ0) is 17.2. The molecule has 1 fully saturated rings. The standard InChI is InChI=1S/C18H17BrCl2O3/c1-22-14-5-2-12(3-6-14)8-15-10-23-18(11-19,24-15)16-7-4-13(20)9-17(16)21/h2-7,9,15H,8,10-11H2,1H3. The molecule has 1 heterocycles. The van der Waals surface area contributed by atoms with E-state index < -0.39 is 5.79 Å². The monoisotopic (exact) mass is 430 g/mol. The summed E-state index contributed by atoms with van der Waals surface area (Å²) >= 11 is 15.8. The van der Waals surface area contributed by atoms with Crippen LogP contribution in [0.15, 0.2) is 42.5 Å². The van der Waals surface area contributed by atoms with E-state index in [2.05, 4.69) is 15.9 Å². The normalized spacial score (nSPS) is 23.4. The highest BCUT2D eigenvalue weighted by Crippen LogP contribution is 2.41. The van der Waals surface area contributed by atoms with E-state index in [1.807, 2.05) is 30.3 Å². The molecule has 1 saturated heterocycles. The van der Waals surface area contributed by atoms with Crippen LogP contribution in [-0.4, -0.2) is 25.2 Å². The lowest BCUT2D eigenvalue weighted by Gasteiger charge is -2.27. The Balaban J connectivity index is 1.76. The molecule has 128 valence electrons. The van der Waals surface area contributed by atoms with Gasteiger partial charge in [0.1, 0.15) is 5.75 Å². The largest absolute Gasteiger partial charge is 0.497 e. The highest BCUT2D eigenvalue weighted by atomic mass is 79.9. The maximum Gasteiger partial charge on any atom is 0.206 e. The third kappa shape index (κ3) is 3.73. The van der Waals surface area contributed by atoms with Crippen molar-refractivity contribution in [1.29, 1.82) is 0 Å². The van der Waals surface area contributed by atoms with E-state index in [4.69, 9.17) is 37.4 Å². The fraction of sp³-hybridized carbons (Fsp3) is 0.333. The van der Waals surface area contributed by atoms with Crippen molar-refractivity contribution < 1.29 is 14.2 Å². The molecule has 0 radical (unpaired) electrons. The van der Waals surface area contributed by atoms with Gasteiger partial charge in [0.2, 0.25) is 5.79 Å². The van der Waals surface area contributed by atoms with Gasteiger partial charge >= 0.3 is 0 Å². The second-order valence-corrected chi connectivity index (χ2v) is 7.02. The molecule has 2 unspecified atom stereocenters. The SMILES string of the molecule is COc1ccc(CC2COC(CBr)(c3ccc(Cl)cc3Cl)O2)cc1. The first-order valence-corrected chi connectivity index (χ1v) is 9.40. The first kappa shape index (κ1) is 18.0. The van der Waals surface area contributed by atoms with Crippen LogP contribution in [0.5, 0.6) is 5.75 Å². The Morgan fingerprint density at radius 1 is 1.21 bits per heavy atom. The van der Waals surface area contributed by atoms with Crippen molar-refractivity contribution >= 4 is 39.1 Å². The lowest BCUT2D eigenvalue weighted by atomic mass is 10.1. The molecule has 3 nitrogen and oxygen atoms in total. The minimum Gasteiger partial charge on any atom is -0.497 e. The molecule has 6 heteroatoms. The fourth-order valence-corrected chi connectivity index (χ4v) is 3.92. The molecule has 2 atom stereocenters. The van der Waals surface area contributed by atoms with Crippen LogP contribution in [0.3, 0.4) is 0 Å². The Bertz CT molecular complexity index is 708. The first-order chi connectivity index (χ1) is 11.6. The second kappa shape index (κ2) is 7.63. The van der Waals surface area contributed by atoms with Crippen molar-refractivity contribution in [2.24, 2.45) is 0 Å². The van der Waals surface area contributed by atoms with Crippen molar-refractivity contribution in [3.8, 4) is 5.75 Å². The maximum atomic E-state index is 6.34. The number of benzene rings is 2. The molecule has 0 aliphatic carbocycles. The molecule has 3 rings (SSSR count). The first-order valence-electron chi connectivity index (χ1n) is 7.52. The predicted molar refractivity (Wildman–Crippen MR) is 99.5 cm³/mol. The minimum absolute atomic E-state index is 0.0531. The zero-order valence-corrected chi connectivity index (χ0v) is 16.2. The molecule has 0 aromatic heterocycles. The van der Waals surface area contributed by atoms with Crippen LogP contribution in [0.1, 0.15) is 11.1 Å². The molecule has 1 aliphatic rings. The Hall–Kier alpha value is -0.780. The summed E-state index contributed by atoms with van der Waals surface area (Å²) < 4.78 is 17.4.